The van der Waals surface area contributed by atoms with Gasteiger partial charge in [0.25, 0.3) is 0 Å². The van der Waals surface area contributed by atoms with Gasteiger partial charge in [0.15, 0.2) is 0 Å². The Kier molecular flexibility index (Phi) is 5.38. The van der Waals surface area contributed by atoms with Crippen molar-refractivity contribution >= 4 is 0 Å². The summed E-state index contributed by atoms with van der Waals surface area (Å²) in [5, 5.41) is 0. The van der Waals surface area contributed by atoms with Crippen LogP contribution in [0.1, 0.15) is 44.2 Å². The van der Waals surface area contributed by atoms with Gasteiger partial charge in [0, 0.05) is 17.6 Å². The molecule has 4 heteroatoms. The number of ether oxygens (including phenoxy) is 1. The molecule has 1 saturated heterocycles. The lowest BCUT2D eigenvalue weighted by molar-refractivity contribution is 0.152. The minimum atomic E-state index is -0.267. The third kappa shape index (κ3) is 3.93. The Bertz CT molecular complexity index is 436. The average molecular weight is 280 g/mol. The number of rotatable bonds is 5. The molecule has 0 saturated carbocycles. The molecule has 1 heterocycles. The van der Waals surface area contributed by atoms with Crippen molar-refractivity contribution in [2.45, 2.75) is 44.7 Å². The van der Waals surface area contributed by atoms with Gasteiger partial charge in [-0.05, 0) is 58.0 Å². The molecule has 1 aromatic carbocycles. The number of hydrogen-bond donors (Lipinski definition) is 1. The van der Waals surface area contributed by atoms with E-state index in [1.807, 2.05) is 6.92 Å². The van der Waals surface area contributed by atoms with Crippen LogP contribution in [0.15, 0.2) is 18.2 Å². The van der Waals surface area contributed by atoms with E-state index in [0.29, 0.717) is 18.4 Å². The summed E-state index contributed by atoms with van der Waals surface area (Å²) in [5.41, 5.74) is 6.60. The molecule has 20 heavy (non-hydrogen) atoms. The Hall–Kier alpha value is -1.13. The first-order valence-corrected chi connectivity index (χ1v) is 7.46. The van der Waals surface area contributed by atoms with Crippen molar-refractivity contribution in [3.8, 4) is 5.75 Å². The molecule has 2 atom stereocenters. The third-order valence-electron chi connectivity index (χ3n) is 4.09. The van der Waals surface area contributed by atoms with Gasteiger partial charge in [0.2, 0.25) is 0 Å². The summed E-state index contributed by atoms with van der Waals surface area (Å²) >= 11 is 0. The highest BCUT2D eigenvalue weighted by molar-refractivity contribution is 5.36. The van der Waals surface area contributed by atoms with Gasteiger partial charge >= 0.3 is 0 Å². The van der Waals surface area contributed by atoms with Crippen molar-refractivity contribution < 1.29 is 9.13 Å². The number of hydrogen-bond acceptors (Lipinski definition) is 3. The second-order valence-corrected chi connectivity index (χ2v) is 5.74. The van der Waals surface area contributed by atoms with Crippen LogP contribution in [-0.4, -0.2) is 31.1 Å². The van der Waals surface area contributed by atoms with E-state index in [2.05, 4.69) is 11.9 Å². The van der Waals surface area contributed by atoms with Crippen LogP contribution < -0.4 is 10.5 Å². The molecule has 0 radical (unpaired) electrons. The van der Waals surface area contributed by atoms with E-state index in [1.165, 1.54) is 37.9 Å². The number of benzene rings is 1. The van der Waals surface area contributed by atoms with Crippen LogP contribution in [0.25, 0.3) is 0 Å². The van der Waals surface area contributed by atoms with E-state index in [4.69, 9.17) is 10.5 Å². The quantitative estimate of drug-likeness (QED) is 0.900. The second-order valence-electron chi connectivity index (χ2n) is 5.74. The highest BCUT2D eigenvalue weighted by atomic mass is 19.1. The predicted molar refractivity (Wildman–Crippen MR) is 79.4 cm³/mol. The van der Waals surface area contributed by atoms with Crippen LogP contribution in [-0.2, 0) is 0 Å². The SMILES string of the molecule is C[C@@H](N)c1cc(F)ccc1OCCC1CCCCN1C. The molecule has 1 aliphatic heterocycles. The Morgan fingerprint density at radius 3 is 2.95 bits per heavy atom. The maximum absolute atomic E-state index is 13.3. The van der Waals surface area contributed by atoms with Gasteiger partial charge in [-0.3, -0.25) is 0 Å². The van der Waals surface area contributed by atoms with E-state index in [-0.39, 0.29) is 11.9 Å². The Morgan fingerprint density at radius 1 is 1.45 bits per heavy atom. The van der Waals surface area contributed by atoms with E-state index in [1.54, 1.807) is 6.07 Å². The number of halogens is 1. The molecule has 0 aromatic heterocycles. The fraction of sp³-hybridized carbons (Fsp3) is 0.625. The van der Waals surface area contributed by atoms with E-state index < -0.39 is 0 Å². The maximum atomic E-state index is 13.3. The lowest BCUT2D eigenvalue weighted by Crippen LogP contribution is -2.37. The van der Waals surface area contributed by atoms with E-state index >= 15 is 0 Å². The van der Waals surface area contributed by atoms with E-state index in [9.17, 15) is 4.39 Å². The third-order valence-corrected chi connectivity index (χ3v) is 4.09. The van der Waals surface area contributed by atoms with Gasteiger partial charge in [-0.1, -0.05) is 6.42 Å². The summed E-state index contributed by atoms with van der Waals surface area (Å²) in [4.78, 5) is 2.41. The number of piperidine rings is 1. The molecule has 1 unspecified atom stereocenters. The number of nitrogens with two attached hydrogens (primary N) is 1. The van der Waals surface area contributed by atoms with Crippen molar-refractivity contribution in [2.24, 2.45) is 5.73 Å². The van der Waals surface area contributed by atoms with Gasteiger partial charge < -0.3 is 15.4 Å². The van der Waals surface area contributed by atoms with Crippen LogP contribution in [0.3, 0.4) is 0 Å². The van der Waals surface area contributed by atoms with E-state index in [0.717, 1.165) is 12.0 Å². The fourth-order valence-electron chi connectivity index (χ4n) is 2.82. The molecule has 0 amide bonds. The highest BCUT2D eigenvalue weighted by Crippen LogP contribution is 2.25. The van der Waals surface area contributed by atoms with Gasteiger partial charge in [-0.25, -0.2) is 4.39 Å². The molecule has 1 fully saturated rings. The number of nitrogens with zero attached hydrogens (tertiary/aromatic N) is 1. The lowest BCUT2D eigenvalue weighted by Gasteiger charge is -2.32. The Morgan fingerprint density at radius 2 is 2.25 bits per heavy atom. The van der Waals surface area contributed by atoms with Crippen molar-refractivity contribution in [3.63, 3.8) is 0 Å². The fourth-order valence-corrected chi connectivity index (χ4v) is 2.82. The Balaban J connectivity index is 1.90. The average Bonchev–Trinajstić information content (AvgIpc) is 2.42. The van der Waals surface area contributed by atoms with Gasteiger partial charge in [0.05, 0.1) is 6.61 Å². The largest absolute Gasteiger partial charge is 0.493 e. The highest BCUT2D eigenvalue weighted by Gasteiger charge is 2.19. The van der Waals surface area contributed by atoms with Crippen molar-refractivity contribution in [3.05, 3.63) is 29.6 Å². The van der Waals surface area contributed by atoms with Crippen LogP contribution >= 0.6 is 0 Å². The molecule has 0 aliphatic carbocycles. The van der Waals surface area contributed by atoms with Gasteiger partial charge in [-0.2, -0.15) is 0 Å². The summed E-state index contributed by atoms with van der Waals surface area (Å²) in [6.45, 7) is 3.67. The second kappa shape index (κ2) is 7.04. The molecular formula is C16H25FN2O. The Labute approximate surface area is 120 Å². The molecule has 0 spiro atoms. The zero-order valence-corrected chi connectivity index (χ0v) is 12.4. The summed E-state index contributed by atoms with van der Waals surface area (Å²) < 4.78 is 19.1. The van der Waals surface area contributed by atoms with Gasteiger partial charge in [0.1, 0.15) is 11.6 Å². The first-order chi connectivity index (χ1) is 9.58. The molecular weight excluding hydrogens is 255 g/mol. The topological polar surface area (TPSA) is 38.5 Å². The first-order valence-electron chi connectivity index (χ1n) is 7.46. The summed E-state index contributed by atoms with van der Waals surface area (Å²) in [5.74, 6) is 0.441. The predicted octanol–water partition coefficient (Wildman–Crippen LogP) is 3.10. The molecule has 3 nitrogen and oxygen atoms in total. The van der Waals surface area contributed by atoms with Crippen LogP contribution in [0.5, 0.6) is 5.75 Å². The summed E-state index contributed by atoms with van der Waals surface area (Å²) in [6.07, 6.45) is 4.84. The zero-order chi connectivity index (χ0) is 14.5. The maximum Gasteiger partial charge on any atom is 0.124 e. The summed E-state index contributed by atoms with van der Waals surface area (Å²) in [6, 6.07) is 4.94. The van der Waals surface area contributed by atoms with Crippen LogP contribution in [0.4, 0.5) is 4.39 Å². The van der Waals surface area contributed by atoms with Crippen molar-refractivity contribution in [1.82, 2.24) is 4.90 Å². The van der Waals surface area contributed by atoms with Gasteiger partial charge in [-0.15, -0.1) is 0 Å². The minimum Gasteiger partial charge on any atom is -0.493 e. The first kappa shape index (κ1) is 15.3. The molecule has 0 bridgehead atoms. The normalized spacial score (nSPS) is 21.7. The van der Waals surface area contributed by atoms with Crippen molar-refractivity contribution in [2.75, 3.05) is 20.2 Å². The molecule has 1 aromatic rings. The summed E-state index contributed by atoms with van der Waals surface area (Å²) in [7, 11) is 2.18. The number of likely N-dealkylation sites (tertiary alicyclic amines) is 1. The molecule has 1 aliphatic rings. The standard InChI is InChI=1S/C16H25FN2O/c1-12(18)15-11-13(17)6-7-16(15)20-10-8-14-5-3-4-9-19(14)2/h6-7,11-12,14H,3-5,8-10,18H2,1-2H3/t12-,14?/m1/s1. The zero-order valence-electron chi connectivity index (χ0n) is 12.4. The van der Waals surface area contributed by atoms with Crippen LogP contribution in [0.2, 0.25) is 0 Å². The molecule has 2 rings (SSSR count). The lowest BCUT2D eigenvalue weighted by atomic mass is 10.0. The smallest absolute Gasteiger partial charge is 0.124 e. The van der Waals surface area contributed by atoms with Crippen molar-refractivity contribution in [1.29, 1.82) is 0 Å². The minimum absolute atomic E-state index is 0.224. The van der Waals surface area contributed by atoms with Crippen LogP contribution in [0, 0.1) is 5.82 Å². The molecule has 112 valence electrons. The molecule has 2 N–H and O–H groups in total. The monoisotopic (exact) mass is 280 g/mol.